The van der Waals surface area contributed by atoms with E-state index in [4.69, 9.17) is 5.73 Å². The molecule has 8 heteroatoms. The van der Waals surface area contributed by atoms with Crippen LogP contribution in [0.1, 0.15) is 23.6 Å². The summed E-state index contributed by atoms with van der Waals surface area (Å²) in [7, 11) is -2.96. The van der Waals surface area contributed by atoms with Gasteiger partial charge < -0.3 is 11.1 Å². The number of aromatic nitrogens is 1. The molecule has 0 radical (unpaired) electrons. The first-order valence-corrected chi connectivity index (χ1v) is 10.5. The Balaban J connectivity index is 2.15. The van der Waals surface area contributed by atoms with Gasteiger partial charge in [0.15, 0.2) is 0 Å². The summed E-state index contributed by atoms with van der Waals surface area (Å²) in [5.41, 5.74) is 11.6. The van der Waals surface area contributed by atoms with Crippen molar-refractivity contribution >= 4 is 33.9 Å². The molecule has 30 heavy (non-hydrogen) atoms. The zero-order chi connectivity index (χ0) is 21.8. The Morgan fingerprint density at radius 2 is 1.80 bits per heavy atom. The maximum Gasteiger partial charge on any atom is 0.229 e. The van der Waals surface area contributed by atoms with Gasteiger partial charge in [0.05, 0.1) is 23.3 Å². The normalized spacial score (nSPS) is 10.8. The summed E-state index contributed by atoms with van der Waals surface area (Å²) >= 11 is 0. The molecule has 0 unspecified atom stereocenters. The highest BCUT2D eigenvalue weighted by molar-refractivity contribution is 7.74. The first kappa shape index (κ1) is 21.5. The summed E-state index contributed by atoms with van der Waals surface area (Å²) in [6.45, 7) is 5.44. The Bertz CT molecular complexity index is 1170. The van der Waals surface area contributed by atoms with E-state index in [0.29, 0.717) is 22.6 Å². The van der Waals surface area contributed by atoms with Crippen molar-refractivity contribution in [2.24, 2.45) is 5.73 Å². The number of thiol groups is 1. The molecule has 1 heterocycles. The predicted molar refractivity (Wildman–Crippen MR) is 120 cm³/mol. The van der Waals surface area contributed by atoms with E-state index < -0.39 is 10.9 Å². The van der Waals surface area contributed by atoms with Crippen molar-refractivity contribution in [1.29, 1.82) is 0 Å². The molecule has 0 aliphatic heterocycles. The molecule has 1 amide bonds. The van der Waals surface area contributed by atoms with Crippen LogP contribution in [0.3, 0.4) is 0 Å². The van der Waals surface area contributed by atoms with Gasteiger partial charge in [-0.05, 0) is 48.7 Å². The molecule has 0 saturated heterocycles. The van der Waals surface area contributed by atoms with Gasteiger partial charge in [0, 0.05) is 25.2 Å². The molecular weight excluding hydrogens is 400 g/mol. The van der Waals surface area contributed by atoms with Crippen molar-refractivity contribution in [1.82, 2.24) is 4.98 Å². The first-order chi connectivity index (χ1) is 14.3. The molecular formula is C22H24N4O3S. The van der Waals surface area contributed by atoms with E-state index in [1.807, 2.05) is 38.1 Å². The van der Waals surface area contributed by atoms with Crippen LogP contribution in [0, 0.1) is 13.8 Å². The number of nitrogens with two attached hydrogens (primary N) is 1. The van der Waals surface area contributed by atoms with Gasteiger partial charge in [-0.1, -0.05) is 29.8 Å². The molecule has 1 aromatic heterocycles. The van der Waals surface area contributed by atoms with E-state index in [2.05, 4.69) is 10.3 Å². The summed E-state index contributed by atoms with van der Waals surface area (Å²) in [5.74, 6) is -0.197. The minimum atomic E-state index is -2.96. The lowest BCUT2D eigenvalue weighted by Gasteiger charge is -2.23. The molecule has 3 rings (SSSR count). The Morgan fingerprint density at radius 3 is 2.43 bits per heavy atom. The molecule has 0 aliphatic carbocycles. The quantitative estimate of drug-likeness (QED) is 0.526. The number of nitrogens with zero attached hydrogens (tertiary/aromatic N) is 2. The number of nitrogens with one attached hydrogen (secondary N) is 1. The first-order valence-electron chi connectivity index (χ1n) is 9.38. The van der Waals surface area contributed by atoms with Crippen molar-refractivity contribution in [2.45, 2.75) is 27.3 Å². The second-order valence-corrected chi connectivity index (χ2v) is 7.91. The number of hydrogen-bond donors (Lipinski definition) is 3. The van der Waals surface area contributed by atoms with Crippen LogP contribution < -0.4 is 15.4 Å². The van der Waals surface area contributed by atoms with Gasteiger partial charge in [0.25, 0.3) is 0 Å². The summed E-state index contributed by atoms with van der Waals surface area (Å²) in [5, 5.41) is 2.70. The molecule has 0 aliphatic rings. The summed E-state index contributed by atoms with van der Waals surface area (Å²) < 4.78 is 25.9. The number of anilines is 3. The molecule has 0 spiro atoms. The number of hydrogen-bond acceptors (Lipinski definition) is 5. The molecule has 3 N–H and O–H groups in total. The maximum atomic E-state index is 12.3. The highest BCUT2D eigenvalue weighted by Gasteiger charge is 2.18. The Labute approximate surface area is 177 Å². The predicted octanol–water partition coefficient (Wildman–Crippen LogP) is 3.45. The second-order valence-electron chi connectivity index (χ2n) is 7.03. The van der Waals surface area contributed by atoms with Gasteiger partial charge in [-0.15, -0.1) is 0 Å². The average Bonchev–Trinajstić information content (AvgIpc) is 2.69. The van der Waals surface area contributed by atoms with E-state index in [-0.39, 0.29) is 12.5 Å². The van der Waals surface area contributed by atoms with Gasteiger partial charge in [-0.2, -0.15) is 0 Å². The smallest absolute Gasteiger partial charge is 0.229 e. The number of carbonyl (C=O) groups excluding carboxylic acids is 1. The van der Waals surface area contributed by atoms with Crippen LogP contribution in [0.2, 0.25) is 0 Å². The fourth-order valence-corrected chi connectivity index (χ4v) is 4.09. The SMILES string of the molecule is CC(=O)Nc1cncc(-c2ccc(CN)c(N(c3ccc(C)cc3C)[SH](=O)=O)c2)c1. The van der Waals surface area contributed by atoms with Crippen LogP contribution in [0.25, 0.3) is 11.1 Å². The monoisotopic (exact) mass is 424 g/mol. The molecule has 0 fully saturated rings. The van der Waals surface area contributed by atoms with Gasteiger partial charge in [-0.3, -0.25) is 9.78 Å². The molecule has 2 aromatic carbocycles. The third kappa shape index (κ3) is 4.67. The topological polar surface area (TPSA) is 105 Å². The van der Waals surface area contributed by atoms with E-state index in [9.17, 15) is 13.2 Å². The number of benzene rings is 2. The van der Waals surface area contributed by atoms with Crippen molar-refractivity contribution in [3.05, 3.63) is 71.5 Å². The molecule has 0 saturated carbocycles. The van der Waals surface area contributed by atoms with E-state index in [1.165, 1.54) is 11.2 Å². The Hall–Kier alpha value is -3.23. The minimum absolute atomic E-state index is 0.185. The van der Waals surface area contributed by atoms with Gasteiger partial charge in [0.1, 0.15) is 0 Å². The summed E-state index contributed by atoms with van der Waals surface area (Å²) in [4.78, 5) is 15.5. The zero-order valence-corrected chi connectivity index (χ0v) is 17.9. The molecule has 156 valence electrons. The lowest BCUT2D eigenvalue weighted by Crippen LogP contribution is -2.18. The second kappa shape index (κ2) is 9.06. The van der Waals surface area contributed by atoms with Crippen molar-refractivity contribution in [2.75, 3.05) is 9.62 Å². The molecule has 3 aromatic rings. The lowest BCUT2D eigenvalue weighted by molar-refractivity contribution is -0.114. The number of aryl methyl sites for hydroxylation is 2. The summed E-state index contributed by atoms with van der Waals surface area (Å²) in [6, 6.07) is 12.8. The van der Waals surface area contributed by atoms with Crippen molar-refractivity contribution in [3.63, 3.8) is 0 Å². The maximum absolute atomic E-state index is 12.3. The van der Waals surface area contributed by atoms with Gasteiger partial charge >= 0.3 is 0 Å². The van der Waals surface area contributed by atoms with Crippen LogP contribution in [-0.4, -0.2) is 19.3 Å². The third-order valence-electron chi connectivity index (χ3n) is 4.67. The number of pyridine rings is 1. The Morgan fingerprint density at radius 1 is 1.03 bits per heavy atom. The number of carbonyl (C=O) groups is 1. The van der Waals surface area contributed by atoms with Crippen LogP contribution >= 0.6 is 0 Å². The number of rotatable bonds is 6. The molecule has 7 nitrogen and oxygen atoms in total. The standard InChI is InChI=1S/C22H24N4O3S/c1-14-4-7-21(15(2)8-14)26(30(28)29)22-10-17(5-6-18(22)11-23)19-9-20(13-24-12-19)25-16(3)27/h4-10,12-13,30H,11,23H2,1-3H3,(H,25,27). The number of amides is 1. The van der Waals surface area contributed by atoms with Crippen molar-refractivity contribution < 1.29 is 13.2 Å². The molecule has 0 atom stereocenters. The van der Waals surface area contributed by atoms with Crippen molar-refractivity contribution in [3.8, 4) is 11.1 Å². The van der Waals surface area contributed by atoms with E-state index in [1.54, 1.807) is 30.6 Å². The highest BCUT2D eigenvalue weighted by Crippen LogP contribution is 2.35. The highest BCUT2D eigenvalue weighted by atomic mass is 32.2. The third-order valence-corrected chi connectivity index (χ3v) is 5.43. The zero-order valence-electron chi connectivity index (χ0n) is 17.0. The average molecular weight is 425 g/mol. The largest absolute Gasteiger partial charge is 0.326 e. The van der Waals surface area contributed by atoms with Crippen LogP contribution in [0.15, 0.2) is 54.9 Å². The molecule has 0 bridgehead atoms. The fourth-order valence-electron chi connectivity index (χ4n) is 3.33. The van der Waals surface area contributed by atoms with Crippen LogP contribution in [0.5, 0.6) is 0 Å². The van der Waals surface area contributed by atoms with Gasteiger partial charge in [0.2, 0.25) is 16.8 Å². The van der Waals surface area contributed by atoms with E-state index in [0.717, 1.165) is 22.3 Å². The van der Waals surface area contributed by atoms with Gasteiger partial charge in [-0.25, -0.2) is 12.7 Å². The fraction of sp³-hybridized carbons (Fsp3) is 0.182. The summed E-state index contributed by atoms with van der Waals surface area (Å²) in [6.07, 6.45) is 3.21. The van der Waals surface area contributed by atoms with Crippen LogP contribution in [-0.2, 0) is 22.2 Å². The Kier molecular flexibility index (Phi) is 6.49. The minimum Gasteiger partial charge on any atom is -0.326 e. The van der Waals surface area contributed by atoms with E-state index >= 15 is 0 Å². The van der Waals surface area contributed by atoms with Crippen LogP contribution in [0.4, 0.5) is 17.1 Å². The lowest BCUT2D eigenvalue weighted by atomic mass is 10.0.